The normalized spacial score (nSPS) is 27.1. The average molecular weight is 380 g/mol. The highest BCUT2D eigenvalue weighted by molar-refractivity contribution is 7.88. The van der Waals surface area contributed by atoms with Gasteiger partial charge < -0.3 is 9.84 Å². The van der Waals surface area contributed by atoms with Crippen LogP contribution in [0.4, 0.5) is 0 Å². The van der Waals surface area contributed by atoms with Crippen LogP contribution in [0.25, 0.3) is 6.08 Å². The summed E-state index contributed by atoms with van der Waals surface area (Å²) < 4.78 is 30.0. The maximum absolute atomic E-state index is 11.9. The van der Waals surface area contributed by atoms with Crippen LogP contribution in [0.3, 0.4) is 0 Å². The Bertz CT molecular complexity index is 805. The SMILES string of the molecule is COc1ccc(/C=C/CN2C[C@@H]3CN(S(C)(=O)=O)C[C@]3(C(=O)O)C2)cc1. The van der Waals surface area contributed by atoms with Crippen molar-refractivity contribution in [1.82, 2.24) is 9.21 Å². The number of methoxy groups -OCH3 is 1. The van der Waals surface area contributed by atoms with Gasteiger partial charge >= 0.3 is 5.97 Å². The first kappa shape index (κ1) is 18.9. The Hall–Kier alpha value is -1.90. The molecule has 8 heteroatoms. The largest absolute Gasteiger partial charge is 0.497 e. The Labute approximate surface area is 153 Å². The van der Waals surface area contributed by atoms with Crippen molar-refractivity contribution in [3.8, 4) is 5.75 Å². The van der Waals surface area contributed by atoms with Gasteiger partial charge in [-0.05, 0) is 17.7 Å². The lowest BCUT2D eigenvalue weighted by molar-refractivity contribution is -0.148. The van der Waals surface area contributed by atoms with Gasteiger partial charge in [0, 0.05) is 38.6 Å². The second-order valence-electron chi connectivity index (χ2n) is 7.08. The van der Waals surface area contributed by atoms with Crippen molar-refractivity contribution in [3.05, 3.63) is 35.9 Å². The molecular formula is C18H24N2O5S. The molecule has 26 heavy (non-hydrogen) atoms. The zero-order valence-corrected chi connectivity index (χ0v) is 15.8. The minimum Gasteiger partial charge on any atom is -0.497 e. The zero-order valence-electron chi connectivity index (χ0n) is 15.0. The summed E-state index contributed by atoms with van der Waals surface area (Å²) in [7, 11) is -1.74. The van der Waals surface area contributed by atoms with Gasteiger partial charge in [-0.2, -0.15) is 0 Å². The third-order valence-corrected chi connectivity index (χ3v) is 6.55. The molecule has 2 aliphatic rings. The summed E-state index contributed by atoms with van der Waals surface area (Å²) in [4.78, 5) is 14.0. The quantitative estimate of drug-likeness (QED) is 0.792. The molecule has 0 saturated carbocycles. The molecular weight excluding hydrogens is 356 g/mol. The number of carboxylic acid groups (broad SMARTS) is 1. The van der Waals surface area contributed by atoms with E-state index in [9.17, 15) is 18.3 Å². The number of fused-ring (bicyclic) bond motifs is 1. The molecule has 3 rings (SSSR count). The van der Waals surface area contributed by atoms with E-state index < -0.39 is 21.4 Å². The molecule has 2 aliphatic heterocycles. The molecule has 2 atom stereocenters. The van der Waals surface area contributed by atoms with Crippen molar-refractivity contribution < 1.29 is 23.1 Å². The van der Waals surface area contributed by atoms with E-state index in [-0.39, 0.29) is 19.0 Å². The van der Waals surface area contributed by atoms with Gasteiger partial charge in [0.15, 0.2) is 0 Å². The number of rotatable bonds is 6. The lowest BCUT2D eigenvalue weighted by Crippen LogP contribution is -2.41. The zero-order chi connectivity index (χ0) is 18.9. The molecule has 2 saturated heterocycles. The van der Waals surface area contributed by atoms with E-state index in [0.29, 0.717) is 19.6 Å². The Morgan fingerprint density at radius 3 is 2.54 bits per heavy atom. The first-order valence-electron chi connectivity index (χ1n) is 8.46. The first-order valence-corrected chi connectivity index (χ1v) is 10.3. The molecule has 7 nitrogen and oxygen atoms in total. The van der Waals surface area contributed by atoms with Crippen molar-refractivity contribution in [3.63, 3.8) is 0 Å². The summed E-state index contributed by atoms with van der Waals surface area (Å²) in [6, 6.07) is 7.69. The maximum atomic E-state index is 11.9. The molecule has 2 fully saturated rings. The van der Waals surface area contributed by atoms with Crippen LogP contribution in [-0.4, -0.2) is 74.8 Å². The van der Waals surface area contributed by atoms with Crippen molar-refractivity contribution in [2.75, 3.05) is 46.1 Å². The number of carboxylic acids is 1. The highest BCUT2D eigenvalue weighted by atomic mass is 32.2. The summed E-state index contributed by atoms with van der Waals surface area (Å²) in [6.07, 6.45) is 5.13. The number of nitrogens with zero attached hydrogens (tertiary/aromatic N) is 2. The highest BCUT2D eigenvalue weighted by Crippen LogP contribution is 2.43. The topological polar surface area (TPSA) is 87.2 Å². The third-order valence-electron chi connectivity index (χ3n) is 5.33. The number of sulfonamides is 1. The average Bonchev–Trinajstić information content (AvgIpc) is 3.10. The number of likely N-dealkylation sites (tertiary alicyclic amines) is 1. The summed E-state index contributed by atoms with van der Waals surface area (Å²) >= 11 is 0. The molecule has 0 aromatic heterocycles. The number of aliphatic carboxylic acids is 1. The highest BCUT2D eigenvalue weighted by Gasteiger charge is 2.58. The lowest BCUT2D eigenvalue weighted by Gasteiger charge is -2.24. The van der Waals surface area contributed by atoms with Crippen LogP contribution in [0.5, 0.6) is 5.75 Å². The molecule has 2 heterocycles. The van der Waals surface area contributed by atoms with Crippen molar-refractivity contribution in [2.45, 2.75) is 0 Å². The van der Waals surface area contributed by atoms with Crippen LogP contribution in [0.2, 0.25) is 0 Å². The molecule has 0 spiro atoms. The number of hydrogen-bond acceptors (Lipinski definition) is 5. The minimum atomic E-state index is -3.37. The predicted octanol–water partition coefficient (Wildman–Crippen LogP) is 0.986. The Morgan fingerprint density at radius 1 is 1.31 bits per heavy atom. The fourth-order valence-electron chi connectivity index (χ4n) is 3.87. The first-order chi connectivity index (χ1) is 12.2. The smallest absolute Gasteiger partial charge is 0.312 e. The second-order valence-corrected chi connectivity index (χ2v) is 9.07. The monoisotopic (exact) mass is 380 g/mol. The van der Waals surface area contributed by atoms with Gasteiger partial charge in [-0.15, -0.1) is 0 Å². The van der Waals surface area contributed by atoms with Crippen LogP contribution in [0.1, 0.15) is 5.56 Å². The van der Waals surface area contributed by atoms with E-state index in [0.717, 1.165) is 17.6 Å². The molecule has 0 aliphatic carbocycles. The summed E-state index contributed by atoms with van der Waals surface area (Å²) in [6.45, 7) is 1.93. The van der Waals surface area contributed by atoms with E-state index in [4.69, 9.17) is 4.74 Å². The fourth-order valence-corrected chi connectivity index (χ4v) is 4.79. The molecule has 1 N–H and O–H groups in total. The molecule has 0 radical (unpaired) electrons. The van der Waals surface area contributed by atoms with Gasteiger partial charge in [0.05, 0.1) is 18.8 Å². The van der Waals surface area contributed by atoms with Crippen LogP contribution >= 0.6 is 0 Å². The van der Waals surface area contributed by atoms with E-state index in [2.05, 4.69) is 4.90 Å². The van der Waals surface area contributed by atoms with Crippen LogP contribution in [0, 0.1) is 11.3 Å². The van der Waals surface area contributed by atoms with Gasteiger partial charge in [-0.3, -0.25) is 9.69 Å². The Balaban J connectivity index is 1.64. The number of ether oxygens (including phenoxy) is 1. The lowest BCUT2D eigenvalue weighted by atomic mass is 9.81. The predicted molar refractivity (Wildman–Crippen MR) is 98.4 cm³/mol. The summed E-state index contributed by atoms with van der Waals surface area (Å²) in [5.74, 6) is -0.284. The van der Waals surface area contributed by atoms with Crippen LogP contribution < -0.4 is 4.74 Å². The van der Waals surface area contributed by atoms with Crippen molar-refractivity contribution in [2.24, 2.45) is 11.3 Å². The van der Waals surface area contributed by atoms with E-state index in [1.807, 2.05) is 36.4 Å². The molecule has 142 valence electrons. The van der Waals surface area contributed by atoms with Crippen LogP contribution in [0.15, 0.2) is 30.3 Å². The van der Waals surface area contributed by atoms with E-state index in [1.165, 1.54) is 4.31 Å². The minimum absolute atomic E-state index is 0.0600. The van der Waals surface area contributed by atoms with Crippen molar-refractivity contribution in [1.29, 1.82) is 0 Å². The van der Waals surface area contributed by atoms with Gasteiger partial charge in [0.25, 0.3) is 0 Å². The van der Waals surface area contributed by atoms with Gasteiger partial charge in [-0.1, -0.05) is 24.3 Å². The molecule has 0 amide bonds. The summed E-state index contributed by atoms with van der Waals surface area (Å²) in [5.41, 5.74) is 0.0400. The van der Waals surface area contributed by atoms with Crippen LogP contribution in [-0.2, 0) is 14.8 Å². The van der Waals surface area contributed by atoms with E-state index >= 15 is 0 Å². The molecule has 1 aromatic rings. The molecule has 1 aromatic carbocycles. The maximum Gasteiger partial charge on any atom is 0.312 e. The number of carbonyl (C=O) groups is 1. The fraction of sp³-hybridized carbons (Fsp3) is 0.500. The van der Waals surface area contributed by atoms with Gasteiger partial charge in [-0.25, -0.2) is 12.7 Å². The third kappa shape index (κ3) is 3.62. The van der Waals surface area contributed by atoms with Gasteiger partial charge in [0.2, 0.25) is 10.0 Å². The van der Waals surface area contributed by atoms with Gasteiger partial charge in [0.1, 0.15) is 5.75 Å². The Kier molecular flexibility index (Phi) is 5.09. The summed E-state index contributed by atoms with van der Waals surface area (Å²) in [5, 5.41) is 9.75. The Morgan fingerprint density at radius 2 is 2.00 bits per heavy atom. The van der Waals surface area contributed by atoms with E-state index in [1.54, 1.807) is 7.11 Å². The number of hydrogen-bond donors (Lipinski definition) is 1. The van der Waals surface area contributed by atoms with Crippen molar-refractivity contribution >= 4 is 22.1 Å². The molecule has 0 bridgehead atoms. The molecule has 0 unspecified atom stereocenters. The second kappa shape index (κ2) is 7.02. The number of benzene rings is 1. The standard InChI is InChI=1S/C18H24N2O5S/c1-25-16-7-5-14(6-8-16)4-3-9-19-10-15-11-20(26(2,23)24)13-18(15,12-19)17(21)22/h3-8,15H,9-13H2,1-2H3,(H,21,22)/b4-3+/t15-,18-/m1/s1.